The van der Waals surface area contributed by atoms with Gasteiger partial charge in [-0.15, -0.1) is 0 Å². The fourth-order valence-corrected chi connectivity index (χ4v) is 6.37. The molecule has 0 unspecified atom stereocenters. The molecule has 3 aliphatic carbocycles. The van der Waals surface area contributed by atoms with Crippen LogP contribution in [0.3, 0.4) is 0 Å². The number of aryl methyl sites for hydroxylation is 2. The lowest BCUT2D eigenvalue weighted by Gasteiger charge is -2.26. The Hall–Kier alpha value is -2.17. The van der Waals surface area contributed by atoms with Gasteiger partial charge in [0.15, 0.2) is 0 Å². The molecule has 5 nitrogen and oxygen atoms in total. The number of nitrogens with zero attached hydrogens (tertiary/aromatic N) is 1. The van der Waals surface area contributed by atoms with Gasteiger partial charge < -0.3 is 5.32 Å². The van der Waals surface area contributed by atoms with E-state index in [9.17, 15) is 14.4 Å². The van der Waals surface area contributed by atoms with E-state index in [4.69, 9.17) is 0 Å². The molecule has 1 aliphatic heterocycles. The summed E-state index contributed by atoms with van der Waals surface area (Å²) in [5.74, 6) is -0.131. The monoisotopic (exact) mass is 394 g/mol. The van der Waals surface area contributed by atoms with Gasteiger partial charge in [-0.2, -0.15) is 0 Å². The molecule has 3 fully saturated rings. The van der Waals surface area contributed by atoms with Crippen LogP contribution >= 0.6 is 0 Å². The van der Waals surface area contributed by atoms with Crippen LogP contribution in [0.4, 0.5) is 0 Å². The summed E-state index contributed by atoms with van der Waals surface area (Å²) in [6.45, 7) is 3.66. The first kappa shape index (κ1) is 18.8. The highest BCUT2D eigenvalue weighted by molar-refractivity contribution is 6.09. The van der Waals surface area contributed by atoms with Crippen LogP contribution in [-0.2, 0) is 27.2 Å². The van der Waals surface area contributed by atoms with Crippen molar-refractivity contribution in [1.29, 1.82) is 0 Å². The molecule has 4 aliphatic rings. The Morgan fingerprint density at radius 1 is 1.00 bits per heavy atom. The first-order valence-electron chi connectivity index (χ1n) is 11.2. The zero-order valence-corrected chi connectivity index (χ0v) is 17.3. The fraction of sp³-hybridized carbons (Fsp3) is 0.625. The number of hydrogen-bond acceptors (Lipinski definition) is 3. The summed E-state index contributed by atoms with van der Waals surface area (Å²) in [6.07, 6.45) is 7.81. The van der Waals surface area contributed by atoms with Crippen molar-refractivity contribution >= 4 is 17.7 Å². The van der Waals surface area contributed by atoms with Gasteiger partial charge in [-0.3, -0.25) is 19.3 Å². The summed E-state index contributed by atoms with van der Waals surface area (Å²) in [7, 11) is 0. The number of carbonyl (C=O) groups is 3. The van der Waals surface area contributed by atoms with Crippen LogP contribution in [0.2, 0.25) is 0 Å². The zero-order chi connectivity index (χ0) is 20.3. The second kappa shape index (κ2) is 6.96. The Labute approximate surface area is 172 Å². The van der Waals surface area contributed by atoms with Crippen LogP contribution in [-0.4, -0.2) is 28.7 Å². The Morgan fingerprint density at radius 3 is 2.28 bits per heavy atom. The molecule has 5 rings (SSSR count). The predicted octanol–water partition coefficient (Wildman–Crippen LogP) is 3.16. The lowest BCUT2D eigenvalue weighted by molar-refractivity contribution is -0.148. The maximum atomic E-state index is 13.0. The van der Waals surface area contributed by atoms with Crippen molar-refractivity contribution in [2.24, 2.45) is 23.7 Å². The summed E-state index contributed by atoms with van der Waals surface area (Å²) < 4.78 is 0. The van der Waals surface area contributed by atoms with Crippen LogP contribution in [0.1, 0.15) is 68.7 Å². The van der Waals surface area contributed by atoms with Gasteiger partial charge in [0.25, 0.3) is 0 Å². The van der Waals surface area contributed by atoms with E-state index in [0.29, 0.717) is 11.8 Å². The second-order valence-corrected chi connectivity index (χ2v) is 9.57. The molecule has 1 aromatic rings. The van der Waals surface area contributed by atoms with Crippen LogP contribution in [0.25, 0.3) is 0 Å². The van der Waals surface area contributed by atoms with E-state index in [1.807, 2.05) is 6.92 Å². The third-order valence-corrected chi connectivity index (χ3v) is 7.96. The standard InChI is InChI=1S/C24H30N2O3/c1-13(16-8-7-15-5-3-4-6-17(15)11-16)25-22(27)14(2)26-23(28)20-18-9-10-19(12-18)21(20)24(26)29/h7-8,11,13-14,18-21H,3-6,9-10,12H2,1-2H3,(H,25,27)/t13-,14-,18-,19-,20-,21+/m0/s1. The normalized spacial score (nSPS) is 32.1. The first-order valence-corrected chi connectivity index (χ1v) is 11.2. The Morgan fingerprint density at radius 2 is 1.62 bits per heavy atom. The summed E-state index contributed by atoms with van der Waals surface area (Å²) >= 11 is 0. The van der Waals surface area contributed by atoms with Crippen LogP contribution in [0, 0.1) is 23.7 Å². The Kier molecular flexibility index (Phi) is 4.52. The van der Waals surface area contributed by atoms with Gasteiger partial charge in [-0.1, -0.05) is 18.2 Å². The van der Waals surface area contributed by atoms with Gasteiger partial charge in [0.05, 0.1) is 17.9 Å². The molecule has 2 bridgehead atoms. The highest BCUT2D eigenvalue weighted by Gasteiger charge is 2.62. The highest BCUT2D eigenvalue weighted by atomic mass is 16.2. The van der Waals surface area contributed by atoms with E-state index in [2.05, 4.69) is 23.5 Å². The van der Waals surface area contributed by atoms with Gasteiger partial charge in [0.1, 0.15) is 6.04 Å². The van der Waals surface area contributed by atoms with E-state index >= 15 is 0 Å². The molecule has 0 aromatic heterocycles. The number of imide groups is 1. The molecule has 0 radical (unpaired) electrons. The summed E-state index contributed by atoms with van der Waals surface area (Å²) in [5, 5.41) is 3.04. The van der Waals surface area contributed by atoms with E-state index in [-0.39, 0.29) is 35.6 Å². The Balaban J connectivity index is 1.28. The minimum atomic E-state index is -0.750. The first-order chi connectivity index (χ1) is 14.0. The average Bonchev–Trinajstić information content (AvgIpc) is 3.41. The highest BCUT2D eigenvalue weighted by Crippen LogP contribution is 2.56. The Bertz CT molecular complexity index is 851. The van der Waals surface area contributed by atoms with Gasteiger partial charge in [-0.05, 0) is 87.3 Å². The molecule has 29 heavy (non-hydrogen) atoms. The van der Waals surface area contributed by atoms with Crippen molar-refractivity contribution in [3.8, 4) is 0 Å². The number of carbonyl (C=O) groups excluding carboxylic acids is 3. The number of hydrogen-bond donors (Lipinski definition) is 1. The SMILES string of the molecule is C[C@H](NC(=O)[C@H](C)N1C(=O)[C@@H]2[C@H]3CC[C@@H](C3)[C@@H]2C1=O)c1ccc2c(c1)CCCC2. The molecule has 1 saturated heterocycles. The summed E-state index contributed by atoms with van der Waals surface area (Å²) in [5.41, 5.74) is 3.89. The van der Waals surface area contributed by atoms with Crippen molar-refractivity contribution in [2.45, 2.75) is 70.9 Å². The largest absolute Gasteiger partial charge is 0.348 e. The van der Waals surface area contributed by atoms with E-state index in [1.165, 1.54) is 28.9 Å². The number of benzene rings is 1. The van der Waals surface area contributed by atoms with E-state index in [1.54, 1.807) is 6.92 Å². The topological polar surface area (TPSA) is 66.5 Å². The van der Waals surface area contributed by atoms with Crippen LogP contribution in [0.5, 0.6) is 0 Å². The number of rotatable bonds is 4. The van der Waals surface area contributed by atoms with Gasteiger partial charge in [-0.25, -0.2) is 0 Å². The minimum Gasteiger partial charge on any atom is -0.348 e. The smallest absolute Gasteiger partial charge is 0.243 e. The predicted molar refractivity (Wildman–Crippen MR) is 109 cm³/mol. The second-order valence-electron chi connectivity index (χ2n) is 9.57. The maximum Gasteiger partial charge on any atom is 0.243 e. The molecule has 1 N–H and O–H groups in total. The summed E-state index contributed by atoms with van der Waals surface area (Å²) in [6, 6.07) is 5.58. The zero-order valence-electron chi connectivity index (χ0n) is 17.3. The maximum absolute atomic E-state index is 13.0. The summed E-state index contributed by atoms with van der Waals surface area (Å²) in [4.78, 5) is 40.2. The van der Waals surface area contributed by atoms with Gasteiger partial charge in [0.2, 0.25) is 17.7 Å². The number of fused-ring (bicyclic) bond motifs is 6. The minimum absolute atomic E-state index is 0.115. The lowest BCUT2D eigenvalue weighted by Crippen LogP contribution is -2.49. The van der Waals surface area contributed by atoms with Crippen molar-refractivity contribution in [3.63, 3.8) is 0 Å². The number of nitrogens with one attached hydrogen (secondary N) is 1. The molecule has 1 aromatic carbocycles. The van der Waals surface area contributed by atoms with Crippen molar-refractivity contribution in [1.82, 2.24) is 10.2 Å². The molecular formula is C24H30N2O3. The van der Waals surface area contributed by atoms with E-state index < -0.39 is 6.04 Å². The van der Waals surface area contributed by atoms with Gasteiger partial charge in [0, 0.05) is 0 Å². The van der Waals surface area contributed by atoms with E-state index in [0.717, 1.165) is 37.7 Å². The number of likely N-dealkylation sites (tertiary alicyclic amines) is 1. The molecule has 6 atom stereocenters. The molecular weight excluding hydrogens is 364 g/mol. The fourth-order valence-electron chi connectivity index (χ4n) is 6.37. The molecule has 1 heterocycles. The van der Waals surface area contributed by atoms with Gasteiger partial charge >= 0.3 is 0 Å². The molecule has 0 spiro atoms. The van der Waals surface area contributed by atoms with Crippen LogP contribution < -0.4 is 5.32 Å². The molecule has 5 heteroatoms. The van der Waals surface area contributed by atoms with Crippen LogP contribution in [0.15, 0.2) is 18.2 Å². The van der Waals surface area contributed by atoms with Crippen molar-refractivity contribution in [2.75, 3.05) is 0 Å². The third-order valence-electron chi connectivity index (χ3n) is 7.96. The molecule has 3 amide bonds. The quantitative estimate of drug-likeness (QED) is 0.798. The van der Waals surface area contributed by atoms with Crippen molar-refractivity contribution < 1.29 is 14.4 Å². The molecule has 2 saturated carbocycles. The van der Waals surface area contributed by atoms with Crippen molar-refractivity contribution in [3.05, 3.63) is 34.9 Å². The third kappa shape index (κ3) is 2.92. The average molecular weight is 395 g/mol. The lowest BCUT2D eigenvalue weighted by atomic mass is 9.81. The number of amides is 3. The molecule has 154 valence electrons.